The van der Waals surface area contributed by atoms with E-state index in [1.54, 1.807) is 44.2 Å². The maximum absolute atomic E-state index is 12.2. The van der Waals surface area contributed by atoms with Gasteiger partial charge in [0.2, 0.25) is 0 Å². The number of methoxy groups -OCH3 is 1. The number of esters is 1. The zero-order chi connectivity index (χ0) is 17.0. The summed E-state index contributed by atoms with van der Waals surface area (Å²) >= 11 is 0. The zero-order valence-corrected chi connectivity index (χ0v) is 13.0. The number of hydrogen-bond acceptors (Lipinski definition) is 4. The number of aromatic nitrogens is 1. The molecule has 120 valence electrons. The molecule has 2 aromatic rings. The van der Waals surface area contributed by atoms with Gasteiger partial charge in [0.25, 0.3) is 11.8 Å². The van der Waals surface area contributed by atoms with E-state index in [1.165, 1.54) is 7.11 Å². The summed E-state index contributed by atoms with van der Waals surface area (Å²) in [6.07, 6.45) is 0. The van der Waals surface area contributed by atoms with E-state index in [4.69, 9.17) is 0 Å². The Kier molecular flexibility index (Phi) is 4.80. The highest BCUT2D eigenvalue weighted by Crippen LogP contribution is 2.18. The molecule has 2 rings (SSSR count). The average molecular weight is 315 g/mol. The smallest absolute Gasteiger partial charge is 0.339 e. The summed E-state index contributed by atoms with van der Waals surface area (Å²) < 4.78 is 4.69. The van der Waals surface area contributed by atoms with Crippen molar-refractivity contribution in [3.63, 3.8) is 0 Å². The number of benzene rings is 1. The van der Waals surface area contributed by atoms with Crippen molar-refractivity contribution < 1.29 is 19.1 Å². The Balaban J connectivity index is 2.10. The second-order valence-electron chi connectivity index (χ2n) is 4.89. The fourth-order valence-electron chi connectivity index (χ4n) is 2.22. The molecule has 23 heavy (non-hydrogen) atoms. The highest BCUT2D eigenvalue weighted by atomic mass is 16.5. The lowest BCUT2D eigenvalue weighted by atomic mass is 10.1. The van der Waals surface area contributed by atoms with Gasteiger partial charge in [-0.15, -0.1) is 0 Å². The molecule has 0 radical (unpaired) electrons. The van der Waals surface area contributed by atoms with E-state index in [0.717, 1.165) is 0 Å². The lowest BCUT2D eigenvalue weighted by Gasteiger charge is -2.07. The van der Waals surface area contributed by atoms with Gasteiger partial charge in [0.05, 0.1) is 12.7 Å². The van der Waals surface area contributed by atoms with E-state index in [-0.39, 0.29) is 5.69 Å². The number of hydrazine groups is 1. The van der Waals surface area contributed by atoms with E-state index in [9.17, 15) is 14.4 Å². The van der Waals surface area contributed by atoms with Crippen LogP contribution >= 0.6 is 0 Å². The van der Waals surface area contributed by atoms with Crippen LogP contribution in [-0.2, 0) is 4.74 Å². The van der Waals surface area contributed by atoms with Crippen LogP contribution in [0.3, 0.4) is 0 Å². The van der Waals surface area contributed by atoms with Crippen molar-refractivity contribution in [2.75, 3.05) is 7.11 Å². The van der Waals surface area contributed by atoms with E-state index < -0.39 is 17.8 Å². The third-order valence-corrected chi connectivity index (χ3v) is 3.38. The molecule has 0 aliphatic carbocycles. The normalized spacial score (nSPS) is 10.0. The molecule has 0 fully saturated rings. The number of amides is 2. The van der Waals surface area contributed by atoms with Crippen molar-refractivity contribution in [3.05, 3.63) is 58.4 Å². The van der Waals surface area contributed by atoms with Gasteiger partial charge >= 0.3 is 5.97 Å². The highest BCUT2D eigenvalue weighted by molar-refractivity contribution is 6.02. The SMILES string of the molecule is COC(=O)c1c(C)[nH]c(C(=O)NNC(=O)c2ccccc2)c1C. The maximum Gasteiger partial charge on any atom is 0.339 e. The van der Waals surface area contributed by atoms with E-state index in [1.807, 2.05) is 0 Å². The van der Waals surface area contributed by atoms with Gasteiger partial charge in [0.15, 0.2) is 0 Å². The summed E-state index contributed by atoms with van der Waals surface area (Å²) in [5, 5.41) is 0. The second kappa shape index (κ2) is 6.78. The van der Waals surface area contributed by atoms with Crippen LogP contribution < -0.4 is 10.9 Å². The third kappa shape index (κ3) is 3.39. The molecule has 7 heteroatoms. The Morgan fingerprint density at radius 1 is 1.00 bits per heavy atom. The summed E-state index contributed by atoms with van der Waals surface area (Å²) in [7, 11) is 1.27. The van der Waals surface area contributed by atoms with E-state index in [0.29, 0.717) is 22.4 Å². The minimum atomic E-state index is -0.551. The van der Waals surface area contributed by atoms with Crippen LogP contribution in [0.25, 0.3) is 0 Å². The molecule has 1 aromatic carbocycles. The van der Waals surface area contributed by atoms with Gasteiger partial charge in [0, 0.05) is 11.3 Å². The van der Waals surface area contributed by atoms with Gasteiger partial charge in [0.1, 0.15) is 5.69 Å². The third-order valence-electron chi connectivity index (χ3n) is 3.38. The molecule has 0 aliphatic heterocycles. The first-order valence-electron chi connectivity index (χ1n) is 6.89. The molecule has 0 unspecified atom stereocenters. The Labute approximate surface area is 133 Å². The molecule has 0 bridgehead atoms. The molecule has 0 saturated carbocycles. The lowest BCUT2D eigenvalue weighted by molar-refractivity contribution is 0.0599. The Bertz CT molecular complexity index is 750. The molecule has 0 saturated heterocycles. The van der Waals surface area contributed by atoms with Crippen LogP contribution in [0.1, 0.15) is 42.5 Å². The number of rotatable bonds is 3. The van der Waals surface area contributed by atoms with Crippen LogP contribution in [0, 0.1) is 13.8 Å². The molecular weight excluding hydrogens is 298 g/mol. The first kappa shape index (κ1) is 16.3. The van der Waals surface area contributed by atoms with Gasteiger partial charge < -0.3 is 9.72 Å². The van der Waals surface area contributed by atoms with Crippen molar-refractivity contribution in [3.8, 4) is 0 Å². The second-order valence-corrected chi connectivity index (χ2v) is 4.89. The van der Waals surface area contributed by atoms with Gasteiger partial charge in [-0.2, -0.15) is 0 Å². The van der Waals surface area contributed by atoms with Gasteiger partial charge in [-0.3, -0.25) is 20.4 Å². The van der Waals surface area contributed by atoms with E-state index in [2.05, 4.69) is 20.6 Å². The molecule has 1 aromatic heterocycles. The standard InChI is InChI=1S/C16H17N3O4/c1-9-12(16(22)23-3)10(2)17-13(9)15(21)19-18-14(20)11-7-5-4-6-8-11/h4-8,17H,1-3H3,(H,18,20)(H,19,21). The molecule has 7 nitrogen and oxygen atoms in total. The predicted octanol–water partition coefficient (Wildman–Crippen LogP) is 1.49. The monoisotopic (exact) mass is 315 g/mol. The number of aromatic amines is 1. The quantitative estimate of drug-likeness (QED) is 0.590. The van der Waals surface area contributed by atoms with Crippen LogP contribution in [0.2, 0.25) is 0 Å². The number of carbonyl (C=O) groups excluding carboxylic acids is 3. The summed E-state index contributed by atoms with van der Waals surface area (Å²) in [5.74, 6) is -1.51. The topological polar surface area (TPSA) is 100 Å². The van der Waals surface area contributed by atoms with E-state index >= 15 is 0 Å². The minimum Gasteiger partial charge on any atom is -0.465 e. The van der Waals surface area contributed by atoms with Crippen LogP contribution in [-0.4, -0.2) is 29.9 Å². The Morgan fingerprint density at radius 2 is 1.61 bits per heavy atom. The van der Waals surface area contributed by atoms with Crippen LogP contribution in [0.5, 0.6) is 0 Å². The molecular formula is C16H17N3O4. The first-order chi connectivity index (χ1) is 11.0. The summed E-state index contributed by atoms with van der Waals surface area (Å²) in [4.78, 5) is 38.6. The van der Waals surface area contributed by atoms with Crippen molar-refractivity contribution >= 4 is 17.8 Å². The van der Waals surface area contributed by atoms with Crippen molar-refractivity contribution in [2.24, 2.45) is 0 Å². The fourth-order valence-corrected chi connectivity index (χ4v) is 2.22. The maximum atomic E-state index is 12.2. The summed E-state index contributed by atoms with van der Waals surface area (Å²) in [6.45, 7) is 3.29. The van der Waals surface area contributed by atoms with Crippen molar-refractivity contribution in [1.29, 1.82) is 0 Å². The lowest BCUT2D eigenvalue weighted by Crippen LogP contribution is -2.42. The zero-order valence-electron chi connectivity index (χ0n) is 13.0. The number of H-pyrrole nitrogens is 1. The molecule has 3 N–H and O–H groups in total. The number of hydrogen-bond donors (Lipinski definition) is 3. The van der Waals surface area contributed by atoms with Crippen LogP contribution in [0.4, 0.5) is 0 Å². The predicted molar refractivity (Wildman–Crippen MR) is 83.0 cm³/mol. The molecule has 0 atom stereocenters. The fraction of sp³-hybridized carbons (Fsp3) is 0.188. The summed E-state index contributed by atoms with van der Waals surface area (Å²) in [6, 6.07) is 8.48. The largest absolute Gasteiger partial charge is 0.465 e. The highest BCUT2D eigenvalue weighted by Gasteiger charge is 2.22. The number of carbonyl (C=O) groups is 3. The summed E-state index contributed by atoms with van der Waals surface area (Å²) in [5.41, 5.74) is 6.54. The molecule has 2 amide bonds. The van der Waals surface area contributed by atoms with Crippen LogP contribution in [0.15, 0.2) is 30.3 Å². The Morgan fingerprint density at radius 3 is 2.22 bits per heavy atom. The number of ether oxygens (including phenoxy) is 1. The molecule has 0 spiro atoms. The number of aryl methyl sites for hydroxylation is 1. The number of nitrogens with one attached hydrogen (secondary N) is 3. The average Bonchev–Trinajstić information content (AvgIpc) is 2.87. The minimum absolute atomic E-state index is 0.191. The van der Waals surface area contributed by atoms with Gasteiger partial charge in [-0.1, -0.05) is 18.2 Å². The first-order valence-corrected chi connectivity index (χ1v) is 6.89. The molecule has 1 heterocycles. The van der Waals surface area contributed by atoms with Crippen molar-refractivity contribution in [1.82, 2.24) is 15.8 Å². The van der Waals surface area contributed by atoms with Crippen molar-refractivity contribution in [2.45, 2.75) is 13.8 Å². The Hall–Kier alpha value is -3.09. The van der Waals surface area contributed by atoms with Gasteiger partial charge in [-0.05, 0) is 31.5 Å². The van der Waals surface area contributed by atoms with Gasteiger partial charge in [-0.25, -0.2) is 4.79 Å². The molecule has 0 aliphatic rings.